The molecule has 0 unspecified atom stereocenters. The van der Waals surface area contributed by atoms with Gasteiger partial charge in [-0.2, -0.15) is 5.10 Å². The van der Waals surface area contributed by atoms with E-state index < -0.39 is 5.97 Å². The fourth-order valence-corrected chi connectivity index (χ4v) is 1.83. The minimum absolute atomic E-state index is 0.0865. The van der Waals surface area contributed by atoms with Gasteiger partial charge >= 0.3 is 5.97 Å². The van der Waals surface area contributed by atoms with Gasteiger partial charge in [0.2, 0.25) is 0 Å². The van der Waals surface area contributed by atoms with Crippen molar-refractivity contribution in [1.29, 1.82) is 0 Å². The van der Waals surface area contributed by atoms with E-state index in [0.717, 1.165) is 13.1 Å². The van der Waals surface area contributed by atoms with Crippen LogP contribution in [0.1, 0.15) is 30.2 Å². The Kier molecular flexibility index (Phi) is 3.42. The quantitative estimate of drug-likeness (QED) is 0.664. The molecule has 1 aromatic rings. The van der Waals surface area contributed by atoms with Crippen LogP contribution in [0.4, 0.5) is 11.6 Å². The van der Waals surface area contributed by atoms with Crippen molar-refractivity contribution >= 4 is 17.6 Å². The first-order chi connectivity index (χ1) is 8.54. The summed E-state index contributed by atoms with van der Waals surface area (Å²) >= 11 is 0. The van der Waals surface area contributed by atoms with Crippen molar-refractivity contribution in [3.8, 4) is 0 Å². The Morgan fingerprint density at radius 3 is 2.72 bits per heavy atom. The Balaban J connectivity index is 2.35. The third-order valence-corrected chi connectivity index (χ3v) is 2.95. The predicted octanol–water partition coefficient (Wildman–Crippen LogP) is 0.217. The van der Waals surface area contributed by atoms with Crippen molar-refractivity contribution in [2.45, 2.75) is 25.9 Å². The van der Waals surface area contributed by atoms with E-state index in [1.807, 2.05) is 13.8 Å². The van der Waals surface area contributed by atoms with Crippen molar-refractivity contribution in [3.63, 3.8) is 0 Å². The van der Waals surface area contributed by atoms with Crippen LogP contribution >= 0.6 is 0 Å². The van der Waals surface area contributed by atoms with Crippen LogP contribution in [-0.4, -0.2) is 42.0 Å². The molecular formula is C11H19N5O2. The molecule has 1 saturated heterocycles. The third kappa shape index (κ3) is 2.13. The highest BCUT2D eigenvalue weighted by atomic mass is 16.5. The van der Waals surface area contributed by atoms with Gasteiger partial charge in [-0.15, -0.1) is 0 Å². The summed E-state index contributed by atoms with van der Waals surface area (Å²) in [6, 6.07) is 0.367. The fraction of sp³-hybridized carbons (Fsp3) is 0.636. The Morgan fingerprint density at radius 1 is 1.61 bits per heavy atom. The van der Waals surface area contributed by atoms with Crippen molar-refractivity contribution in [3.05, 3.63) is 5.56 Å². The van der Waals surface area contributed by atoms with E-state index in [-0.39, 0.29) is 12.1 Å². The Bertz CT molecular complexity index is 451. The van der Waals surface area contributed by atoms with Gasteiger partial charge in [-0.1, -0.05) is 0 Å². The van der Waals surface area contributed by atoms with Crippen LogP contribution in [0.15, 0.2) is 0 Å². The van der Waals surface area contributed by atoms with Crippen LogP contribution in [0.2, 0.25) is 0 Å². The number of hydrogen-bond donors (Lipinski definition) is 3. The maximum atomic E-state index is 11.8. The van der Waals surface area contributed by atoms with Crippen molar-refractivity contribution in [2.75, 3.05) is 31.2 Å². The zero-order valence-electron chi connectivity index (χ0n) is 10.9. The van der Waals surface area contributed by atoms with Gasteiger partial charge in [0.25, 0.3) is 0 Å². The number of carbonyl (C=O) groups excluding carboxylic acids is 1. The van der Waals surface area contributed by atoms with Crippen molar-refractivity contribution < 1.29 is 9.53 Å². The van der Waals surface area contributed by atoms with Crippen LogP contribution in [0.3, 0.4) is 0 Å². The van der Waals surface area contributed by atoms with Gasteiger partial charge in [0.05, 0.1) is 13.2 Å². The van der Waals surface area contributed by atoms with Crippen molar-refractivity contribution in [1.82, 2.24) is 15.1 Å². The maximum absolute atomic E-state index is 11.8. The Morgan fingerprint density at radius 2 is 2.28 bits per heavy atom. The SMILES string of the molecule is COC(=O)c1c(NC2CNC2)nn(C(C)C)c1N. The van der Waals surface area contributed by atoms with Gasteiger partial charge in [0.1, 0.15) is 11.4 Å². The molecule has 7 heteroatoms. The largest absolute Gasteiger partial charge is 0.465 e. The third-order valence-electron chi connectivity index (χ3n) is 2.95. The number of ether oxygens (including phenoxy) is 1. The Labute approximate surface area is 106 Å². The molecule has 0 spiro atoms. The van der Waals surface area contributed by atoms with Crippen LogP contribution in [0.25, 0.3) is 0 Å². The van der Waals surface area contributed by atoms with E-state index in [4.69, 9.17) is 10.5 Å². The van der Waals surface area contributed by atoms with E-state index in [1.165, 1.54) is 7.11 Å². The summed E-state index contributed by atoms with van der Waals surface area (Å²) < 4.78 is 6.38. The number of nitrogens with zero attached hydrogens (tertiary/aromatic N) is 2. The van der Waals surface area contributed by atoms with Gasteiger partial charge in [-0.05, 0) is 13.8 Å². The number of nitrogens with one attached hydrogen (secondary N) is 2. The maximum Gasteiger partial charge on any atom is 0.345 e. The highest BCUT2D eigenvalue weighted by molar-refractivity contribution is 5.99. The molecule has 0 aliphatic carbocycles. The minimum Gasteiger partial charge on any atom is -0.465 e. The van der Waals surface area contributed by atoms with Crippen LogP contribution < -0.4 is 16.4 Å². The summed E-state index contributed by atoms with van der Waals surface area (Å²) in [5.74, 6) is 0.375. The molecule has 0 amide bonds. The second-order valence-corrected chi connectivity index (χ2v) is 4.64. The first-order valence-corrected chi connectivity index (χ1v) is 5.98. The average Bonchev–Trinajstić information content (AvgIpc) is 2.60. The summed E-state index contributed by atoms with van der Waals surface area (Å²) in [5, 5.41) is 10.7. The first-order valence-electron chi connectivity index (χ1n) is 5.98. The monoisotopic (exact) mass is 253 g/mol. The van der Waals surface area contributed by atoms with E-state index >= 15 is 0 Å². The molecule has 18 heavy (non-hydrogen) atoms. The highest BCUT2D eigenvalue weighted by Gasteiger charge is 2.27. The number of nitrogen functional groups attached to an aromatic ring is 1. The van der Waals surface area contributed by atoms with Gasteiger partial charge in [0, 0.05) is 19.1 Å². The zero-order chi connectivity index (χ0) is 13.3. The van der Waals surface area contributed by atoms with Crippen molar-refractivity contribution in [2.24, 2.45) is 0 Å². The number of aromatic nitrogens is 2. The molecule has 1 fully saturated rings. The van der Waals surface area contributed by atoms with Crippen LogP contribution in [-0.2, 0) is 4.74 Å². The Hall–Kier alpha value is -1.76. The lowest BCUT2D eigenvalue weighted by Crippen LogP contribution is -2.51. The summed E-state index contributed by atoms with van der Waals surface area (Å²) in [6.07, 6.45) is 0. The number of nitrogens with two attached hydrogens (primary N) is 1. The minimum atomic E-state index is -0.464. The predicted molar refractivity (Wildman–Crippen MR) is 68.6 cm³/mol. The lowest BCUT2D eigenvalue weighted by Gasteiger charge is -2.28. The molecule has 1 aliphatic heterocycles. The fourth-order valence-electron chi connectivity index (χ4n) is 1.83. The molecule has 0 aromatic carbocycles. The molecule has 0 saturated carbocycles. The number of methoxy groups -OCH3 is 1. The lowest BCUT2D eigenvalue weighted by molar-refractivity contribution is 0.0603. The summed E-state index contributed by atoms with van der Waals surface area (Å²) in [4.78, 5) is 11.8. The van der Waals surface area contributed by atoms with E-state index in [0.29, 0.717) is 17.2 Å². The molecule has 0 bridgehead atoms. The van der Waals surface area contributed by atoms with E-state index in [2.05, 4.69) is 15.7 Å². The molecule has 1 aliphatic rings. The first kappa shape index (κ1) is 12.7. The topological polar surface area (TPSA) is 94.2 Å². The molecule has 0 radical (unpaired) electrons. The lowest BCUT2D eigenvalue weighted by atomic mass is 10.1. The second-order valence-electron chi connectivity index (χ2n) is 4.64. The molecule has 4 N–H and O–H groups in total. The van der Waals surface area contributed by atoms with Gasteiger partial charge in [0.15, 0.2) is 5.82 Å². The molecule has 1 aromatic heterocycles. The number of carbonyl (C=O) groups is 1. The number of esters is 1. The normalized spacial score (nSPS) is 15.6. The number of rotatable bonds is 4. The van der Waals surface area contributed by atoms with Crippen LogP contribution in [0.5, 0.6) is 0 Å². The summed E-state index contributed by atoms with van der Waals surface area (Å²) in [6.45, 7) is 5.63. The van der Waals surface area contributed by atoms with E-state index in [9.17, 15) is 4.79 Å². The molecule has 100 valence electrons. The van der Waals surface area contributed by atoms with Gasteiger partial charge < -0.3 is 21.1 Å². The molecule has 2 heterocycles. The molecule has 0 atom stereocenters. The average molecular weight is 253 g/mol. The van der Waals surface area contributed by atoms with Crippen LogP contribution in [0, 0.1) is 0 Å². The zero-order valence-corrected chi connectivity index (χ0v) is 10.9. The number of hydrogen-bond acceptors (Lipinski definition) is 6. The second kappa shape index (κ2) is 4.85. The summed E-state index contributed by atoms with van der Waals surface area (Å²) in [5.41, 5.74) is 6.28. The van der Waals surface area contributed by atoms with Gasteiger partial charge in [-0.3, -0.25) is 0 Å². The number of anilines is 2. The standard InChI is InChI=1S/C11H19N5O2/c1-6(2)16-9(12)8(11(17)18-3)10(15-16)14-7-4-13-5-7/h6-7,13H,4-5,12H2,1-3H3,(H,14,15). The molecule has 7 nitrogen and oxygen atoms in total. The van der Waals surface area contributed by atoms with Gasteiger partial charge in [-0.25, -0.2) is 9.48 Å². The molecular weight excluding hydrogens is 234 g/mol. The highest BCUT2D eigenvalue weighted by Crippen LogP contribution is 2.26. The smallest absolute Gasteiger partial charge is 0.345 e. The summed E-state index contributed by atoms with van der Waals surface area (Å²) in [7, 11) is 1.34. The van der Waals surface area contributed by atoms with E-state index in [1.54, 1.807) is 4.68 Å². The molecule has 2 rings (SSSR count).